The molecule has 108 valence electrons. The molecule has 0 saturated heterocycles. The van der Waals surface area contributed by atoms with Crippen molar-refractivity contribution in [1.29, 1.82) is 0 Å². The highest BCUT2D eigenvalue weighted by molar-refractivity contribution is 6.34. The van der Waals surface area contributed by atoms with Crippen molar-refractivity contribution < 1.29 is 0 Å². The van der Waals surface area contributed by atoms with E-state index in [-0.39, 0.29) is 0 Å². The molecule has 0 aliphatic heterocycles. The predicted molar refractivity (Wildman–Crippen MR) is 98.8 cm³/mol. The second-order valence-electron chi connectivity index (χ2n) is 5.91. The van der Waals surface area contributed by atoms with E-state index >= 15 is 0 Å². The molecular formula is C22H13Cl. The minimum atomic E-state index is 0.795. The van der Waals surface area contributed by atoms with Gasteiger partial charge in [-0.1, -0.05) is 84.4 Å². The zero-order valence-corrected chi connectivity index (χ0v) is 13.1. The molecule has 0 radical (unpaired) electrons. The van der Waals surface area contributed by atoms with Gasteiger partial charge in [0.25, 0.3) is 0 Å². The largest absolute Gasteiger partial charge is 0.0837 e. The Kier molecular flexibility index (Phi) is 2.65. The standard InChI is InChI=1S/C22H13Cl/c23-21-11-4-3-8-17(21)16-12-13-20-15-7-2-1-6-14(15)18-9-5-10-19(16)22(18)20/h1-13H. The van der Waals surface area contributed by atoms with E-state index in [1.165, 1.54) is 38.6 Å². The van der Waals surface area contributed by atoms with E-state index in [1.807, 2.05) is 18.2 Å². The van der Waals surface area contributed by atoms with Gasteiger partial charge in [-0.25, -0.2) is 0 Å². The molecule has 0 aromatic heterocycles. The Balaban J connectivity index is 1.92. The van der Waals surface area contributed by atoms with Crippen LogP contribution in [0.25, 0.3) is 44.2 Å². The van der Waals surface area contributed by atoms with Gasteiger partial charge in [0, 0.05) is 10.6 Å². The van der Waals surface area contributed by atoms with Gasteiger partial charge in [-0.2, -0.15) is 0 Å². The van der Waals surface area contributed by atoms with Crippen LogP contribution in [0.3, 0.4) is 0 Å². The van der Waals surface area contributed by atoms with Gasteiger partial charge >= 0.3 is 0 Å². The minimum absolute atomic E-state index is 0.795. The zero-order valence-electron chi connectivity index (χ0n) is 12.4. The molecule has 4 aromatic carbocycles. The molecule has 23 heavy (non-hydrogen) atoms. The van der Waals surface area contributed by atoms with Crippen molar-refractivity contribution in [2.24, 2.45) is 0 Å². The van der Waals surface area contributed by atoms with Crippen molar-refractivity contribution in [2.45, 2.75) is 0 Å². The summed E-state index contributed by atoms with van der Waals surface area (Å²) in [4.78, 5) is 0. The average molecular weight is 313 g/mol. The Morgan fingerprint density at radius 2 is 1.00 bits per heavy atom. The van der Waals surface area contributed by atoms with Crippen LogP contribution in [0.15, 0.2) is 78.9 Å². The molecule has 1 aliphatic rings. The number of hydrogen-bond donors (Lipinski definition) is 0. The summed E-state index contributed by atoms with van der Waals surface area (Å²) in [6, 6.07) is 27.7. The number of benzene rings is 4. The molecule has 0 saturated carbocycles. The van der Waals surface area contributed by atoms with E-state index in [2.05, 4.69) is 60.7 Å². The van der Waals surface area contributed by atoms with Gasteiger partial charge in [-0.15, -0.1) is 0 Å². The van der Waals surface area contributed by atoms with Crippen LogP contribution in [0.1, 0.15) is 0 Å². The molecule has 0 bridgehead atoms. The smallest absolute Gasteiger partial charge is 0.0484 e. The lowest BCUT2D eigenvalue weighted by molar-refractivity contribution is 1.65. The van der Waals surface area contributed by atoms with Crippen LogP contribution in [0, 0.1) is 0 Å². The third-order valence-electron chi connectivity index (χ3n) is 4.71. The van der Waals surface area contributed by atoms with Crippen LogP contribution in [0.5, 0.6) is 0 Å². The second-order valence-corrected chi connectivity index (χ2v) is 6.32. The minimum Gasteiger partial charge on any atom is -0.0837 e. The summed E-state index contributed by atoms with van der Waals surface area (Å²) in [5, 5.41) is 3.40. The van der Waals surface area contributed by atoms with Gasteiger partial charge in [0.1, 0.15) is 0 Å². The molecular weight excluding hydrogens is 300 g/mol. The monoisotopic (exact) mass is 312 g/mol. The number of halogens is 1. The SMILES string of the molecule is Clc1ccccc1-c1ccc2c3c(cccc13)-c1ccccc1-2. The molecule has 0 amide bonds. The maximum absolute atomic E-state index is 6.44. The molecule has 1 heteroatoms. The first-order chi connectivity index (χ1) is 11.3. The van der Waals surface area contributed by atoms with Gasteiger partial charge in [-0.3, -0.25) is 0 Å². The molecule has 0 atom stereocenters. The first-order valence-electron chi connectivity index (χ1n) is 7.75. The third kappa shape index (κ3) is 1.73. The first kappa shape index (κ1) is 12.9. The van der Waals surface area contributed by atoms with Crippen molar-refractivity contribution in [3.8, 4) is 33.4 Å². The van der Waals surface area contributed by atoms with Crippen LogP contribution in [0.4, 0.5) is 0 Å². The topological polar surface area (TPSA) is 0 Å². The Bertz CT molecular complexity index is 1050. The Labute approximate surface area is 140 Å². The van der Waals surface area contributed by atoms with E-state index in [4.69, 9.17) is 11.6 Å². The number of rotatable bonds is 1. The molecule has 0 fully saturated rings. The van der Waals surface area contributed by atoms with Crippen LogP contribution >= 0.6 is 11.6 Å². The van der Waals surface area contributed by atoms with Crippen molar-refractivity contribution >= 4 is 22.4 Å². The molecule has 0 unspecified atom stereocenters. The fourth-order valence-electron chi connectivity index (χ4n) is 3.72. The summed E-state index contributed by atoms with van der Waals surface area (Å²) in [5.74, 6) is 0. The zero-order chi connectivity index (χ0) is 15.4. The summed E-state index contributed by atoms with van der Waals surface area (Å²) in [7, 11) is 0. The van der Waals surface area contributed by atoms with Gasteiger partial charge in [-0.05, 0) is 44.7 Å². The van der Waals surface area contributed by atoms with Gasteiger partial charge in [0.2, 0.25) is 0 Å². The highest BCUT2D eigenvalue weighted by Gasteiger charge is 2.22. The lowest BCUT2D eigenvalue weighted by atomic mass is 9.94. The van der Waals surface area contributed by atoms with Gasteiger partial charge < -0.3 is 0 Å². The van der Waals surface area contributed by atoms with Crippen LogP contribution in [0.2, 0.25) is 5.02 Å². The fraction of sp³-hybridized carbons (Fsp3) is 0. The maximum Gasteiger partial charge on any atom is 0.0484 e. The lowest BCUT2D eigenvalue weighted by Gasteiger charge is -2.10. The molecule has 4 aromatic rings. The molecule has 5 rings (SSSR count). The molecule has 0 N–H and O–H groups in total. The Morgan fingerprint density at radius 3 is 1.74 bits per heavy atom. The summed E-state index contributed by atoms with van der Waals surface area (Å²) in [6.45, 7) is 0. The molecule has 0 spiro atoms. The van der Waals surface area contributed by atoms with E-state index in [1.54, 1.807) is 0 Å². The fourth-order valence-corrected chi connectivity index (χ4v) is 3.96. The van der Waals surface area contributed by atoms with E-state index in [9.17, 15) is 0 Å². The summed E-state index contributed by atoms with van der Waals surface area (Å²) < 4.78 is 0. The summed E-state index contributed by atoms with van der Waals surface area (Å²) in [5.41, 5.74) is 7.58. The molecule has 0 heterocycles. The molecule has 1 aliphatic carbocycles. The number of fused-ring (bicyclic) bond motifs is 3. The van der Waals surface area contributed by atoms with Crippen LogP contribution < -0.4 is 0 Å². The predicted octanol–water partition coefficient (Wildman–Crippen LogP) is 6.81. The maximum atomic E-state index is 6.44. The average Bonchev–Trinajstić information content (AvgIpc) is 2.93. The number of hydrogen-bond acceptors (Lipinski definition) is 0. The Hall–Kier alpha value is -2.57. The van der Waals surface area contributed by atoms with E-state index < -0.39 is 0 Å². The van der Waals surface area contributed by atoms with Crippen LogP contribution in [-0.4, -0.2) is 0 Å². The normalized spacial score (nSPS) is 11.7. The summed E-state index contributed by atoms with van der Waals surface area (Å²) in [6.07, 6.45) is 0. The summed E-state index contributed by atoms with van der Waals surface area (Å²) >= 11 is 6.44. The first-order valence-corrected chi connectivity index (χ1v) is 8.13. The van der Waals surface area contributed by atoms with Crippen molar-refractivity contribution in [3.05, 3.63) is 83.9 Å². The van der Waals surface area contributed by atoms with Crippen molar-refractivity contribution in [1.82, 2.24) is 0 Å². The van der Waals surface area contributed by atoms with Crippen molar-refractivity contribution in [3.63, 3.8) is 0 Å². The van der Waals surface area contributed by atoms with Crippen molar-refractivity contribution in [2.75, 3.05) is 0 Å². The third-order valence-corrected chi connectivity index (χ3v) is 5.04. The van der Waals surface area contributed by atoms with Crippen LogP contribution in [-0.2, 0) is 0 Å². The highest BCUT2D eigenvalue weighted by Crippen LogP contribution is 2.49. The second kappa shape index (κ2) is 4.71. The van der Waals surface area contributed by atoms with E-state index in [0.717, 1.165) is 10.6 Å². The van der Waals surface area contributed by atoms with E-state index in [0.29, 0.717) is 0 Å². The Morgan fingerprint density at radius 1 is 0.435 bits per heavy atom. The van der Waals surface area contributed by atoms with Gasteiger partial charge in [0.15, 0.2) is 0 Å². The lowest BCUT2D eigenvalue weighted by Crippen LogP contribution is -1.84. The highest BCUT2D eigenvalue weighted by atomic mass is 35.5. The van der Waals surface area contributed by atoms with Gasteiger partial charge in [0.05, 0.1) is 0 Å². The quantitative estimate of drug-likeness (QED) is 0.319. The molecule has 0 nitrogen and oxygen atoms in total.